The van der Waals surface area contributed by atoms with E-state index in [-0.39, 0.29) is 44.1 Å². The van der Waals surface area contributed by atoms with Crippen LogP contribution >= 0.6 is 0 Å². The van der Waals surface area contributed by atoms with E-state index in [9.17, 15) is 0 Å². The Morgan fingerprint density at radius 3 is 1.27 bits per heavy atom. The Hall–Kier alpha value is 0.528. The van der Waals surface area contributed by atoms with Crippen LogP contribution in [0.15, 0.2) is 0 Å². The summed E-state index contributed by atoms with van der Waals surface area (Å²) in [6.45, 7) is 0. The second-order valence-corrected chi connectivity index (χ2v) is 2.50. The van der Waals surface area contributed by atoms with Crippen LogP contribution in [-0.4, -0.2) is 23.0 Å². The molecule has 70 valence electrons. The summed E-state index contributed by atoms with van der Waals surface area (Å²) in [6, 6.07) is -0.160. The van der Waals surface area contributed by atoms with Gasteiger partial charge in [0.2, 0.25) is 0 Å². The number of rotatable bonds is 0. The van der Waals surface area contributed by atoms with E-state index in [0.717, 1.165) is 12.8 Å². The minimum Gasteiger partial charge on any atom is -0.870 e. The molecule has 0 bridgehead atoms. The third-order valence-corrected chi connectivity index (χ3v) is 1.77. The summed E-state index contributed by atoms with van der Waals surface area (Å²) in [5, 5.41) is 0. The van der Waals surface area contributed by atoms with Gasteiger partial charge in [-0.2, -0.15) is 12.1 Å². The first kappa shape index (κ1) is 17.6. The van der Waals surface area contributed by atoms with Crippen LogP contribution in [0, 0.1) is 0 Å². The SMILES string of the molecule is [NH-]C1CCCCC1[NH-].[OH-].[OH-].[Pt+4]. The molecule has 4 nitrogen and oxygen atoms in total. The van der Waals surface area contributed by atoms with Crippen molar-refractivity contribution in [1.82, 2.24) is 0 Å². The topological polar surface area (TPSA) is 108 Å². The summed E-state index contributed by atoms with van der Waals surface area (Å²) in [4.78, 5) is 0. The molecule has 0 aliphatic heterocycles. The zero-order chi connectivity index (χ0) is 5.98. The van der Waals surface area contributed by atoms with Crippen LogP contribution in [0.5, 0.6) is 0 Å². The van der Waals surface area contributed by atoms with Crippen molar-refractivity contribution in [2.45, 2.75) is 37.8 Å². The van der Waals surface area contributed by atoms with E-state index in [1.807, 2.05) is 0 Å². The Balaban J connectivity index is -0.000000213. The molecular formula is C6H14N2O2Pt. The van der Waals surface area contributed by atoms with Crippen LogP contribution in [-0.2, 0) is 21.1 Å². The molecule has 1 aliphatic carbocycles. The average Bonchev–Trinajstić information content (AvgIpc) is 1.77. The second kappa shape index (κ2) is 8.62. The first-order valence-electron chi connectivity index (χ1n) is 3.23. The van der Waals surface area contributed by atoms with Crippen molar-refractivity contribution in [3.05, 3.63) is 11.5 Å². The van der Waals surface area contributed by atoms with Gasteiger partial charge in [-0.25, -0.2) is 0 Å². The van der Waals surface area contributed by atoms with E-state index in [1.54, 1.807) is 0 Å². The molecule has 0 aromatic heterocycles. The van der Waals surface area contributed by atoms with Crippen molar-refractivity contribution in [3.8, 4) is 0 Å². The minimum atomic E-state index is -0.0799. The van der Waals surface area contributed by atoms with Crippen LogP contribution < -0.4 is 0 Å². The monoisotopic (exact) mass is 341 g/mol. The number of hydrogen-bond acceptors (Lipinski definition) is 2. The smallest absolute Gasteiger partial charge is 0.870 e. The maximum atomic E-state index is 7.29. The number of hydrogen-bond donors (Lipinski definition) is 0. The van der Waals surface area contributed by atoms with E-state index in [2.05, 4.69) is 0 Å². The molecular weight excluding hydrogens is 327 g/mol. The van der Waals surface area contributed by atoms with E-state index in [4.69, 9.17) is 11.5 Å². The third-order valence-electron chi connectivity index (χ3n) is 1.77. The van der Waals surface area contributed by atoms with Gasteiger partial charge < -0.3 is 22.4 Å². The first-order valence-corrected chi connectivity index (χ1v) is 3.23. The van der Waals surface area contributed by atoms with Gasteiger partial charge in [-0.15, -0.1) is 0 Å². The molecule has 2 atom stereocenters. The maximum Gasteiger partial charge on any atom is 4.00 e. The van der Waals surface area contributed by atoms with Gasteiger partial charge in [0.15, 0.2) is 0 Å². The zero-order valence-corrected chi connectivity index (χ0v) is 8.47. The fraction of sp³-hybridized carbons (Fsp3) is 1.00. The Kier molecular flexibility index (Phi) is 13.8. The molecule has 1 saturated carbocycles. The number of nitrogens with one attached hydrogen (secondary N) is 2. The molecule has 0 aromatic carbocycles. The van der Waals surface area contributed by atoms with Crippen LogP contribution in [0.1, 0.15) is 25.7 Å². The molecule has 1 rings (SSSR count). The van der Waals surface area contributed by atoms with Gasteiger partial charge in [-0.3, -0.25) is 0 Å². The summed E-state index contributed by atoms with van der Waals surface area (Å²) >= 11 is 0. The first-order chi connectivity index (χ1) is 3.80. The predicted molar refractivity (Wildman–Crippen MR) is 38.6 cm³/mol. The van der Waals surface area contributed by atoms with Gasteiger partial charge in [-0.05, 0) is 0 Å². The molecule has 0 spiro atoms. The van der Waals surface area contributed by atoms with Crippen LogP contribution in [0.4, 0.5) is 0 Å². The Morgan fingerprint density at radius 2 is 1.09 bits per heavy atom. The summed E-state index contributed by atoms with van der Waals surface area (Å²) in [5.74, 6) is 0. The standard InChI is InChI=1S/C6H12N2.2H2O.Pt/c7-5-3-1-2-4-6(5)8;;;/h5-8H,1-4H2;2*1H2;/q-2;;;+4/p-2. The summed E-state index contributed by atoms with van der Waals surface area (Å²) in [7, 11) is 0. The summed E-state index contributed by atoms with van der Waals surface area (Å²) < 4.78 is 0. The van der Waals surface area contributed by atoms with E-state index < -0.39 is 0 Å². The van der Waals surface area contributed by atoms with Crippen molar-refractivity contribution < 1.29 is 32.0 Å². The van der Waals surface area contributed by atoms with Crippen LogP contribution in [0.3, 0.4) is 0 Å². The normalized spacial score (nSPS) is 28.9. The molecule has 1 aliphatic rings. The van der Waals surface area contributed by atoms with Crippen molar-refractivity contribution in [2.75, 3.05) is 0 Å². The molecule has 2 unspecified atom stereocenters. The van der Waals surface area contributed by atoms with Crippen molar-refractivity contribution >= 4 is 0 Å². The van der Waals surface area contributed by atoms with Crippen molar-refractivity contribution in [1.29, 1.82) is 0 Å². The van der Waals surface area contributed by atoms with Gasteiger partial charge in [-0.1, -0.05) is 25.7 Å². The molecule has 5 heteroatoms. The minimum absolute atomic E-state index is 0. The van der Waals surface area contributed by atoms with Gasteiger partial charge in [0.25, 0.3) is 0 Å². The molecule has 0 heterocycles. The van der Waals surface area contributed by atoms with Gasteiger partial charge in [0.1, 0.15) is 0 Å². The molecule has 11 heavy (non-hydrogen) atoms. The van der Waals surface area contributed by atoms with Crippen LogP contribution in [0.25, 0.3) is 11.5 Å². The molecule has 1 fully saturated rings. The van der Waals surface area contributed by atoms with Gasteiger partial charge >= 0.3 is 21.1 Å². The molecule has 0 aromatic rings. The van der Waals surface area contributed by atoms with Gasteiger partial charge in [0.05, 0.1) is 0 Å². The van der Waals surface area contributed by atoms with Crippen LogP contribution in [0.2, 0.25) is 0 Å². The molecule has 0 amide bonds. The second-order valence-electron chi connectivity index (χ2n) is 2.50. The predicted octanol–water partition coefficient (Wildman–Crippen LogP) is 2.05. The van der Waals surface area contributed by atoms with Gasteiger partial charge in [0, 0.05) is 0 Å². The van der Waals surface area contributed by atoms with E-state index in [0.29, 0.717) is 0 Å². The Labute approximate surface area is 81.6 Å². The molecule has 0 saturated heterocycles. The van der Waals surface area contributed by atoms with E-state index in [1.165, 1.54) is 12.8 Å². The van der Waals surface area contributed by atoms with Crippen molar-refractivity contribution in [2.24, 2.45) is 0 Å². The third kappa shape index (κ3) is 5.76. The van der Waals surface area contributed by atoms with E-state index >= 15 is 0 Å². The Morgan fingerprint density at radius 1 is 0.818 bits per heavy atom. The quantitative estimate of drug-likeness (QED) is 0.672. The average molecular weight is 341 g/mol. The summed E-state index contributed by atoms with van der Waals surface area (Å²) in [6.07, 6.45) is 4.25. The molecule has 0 radical (unpaired) electrons. The maximum absolute atomic E-state index is 7.29. The molecule has 4 N–H and O–H groups in total. The van der Waals surface area contributed by atoms with Crippen molar-refractivity contribution in [3.63, 3.8) is 0 Å². The largest absolute Gasteiger partial charge is 4.00 e. The summed E-state index contributed by atoms with van der Waals surface area (Å²) in [5.41, 5.74) is 14.6. The fourth-order valence-electron chi connectivity index (χ4n) is 1.13. The Bertz CT molecular complexity index is 75.0. The fourth-order valence-corrected chi connectivity index (χ4v) is 1.13. The zero-order valence-electron chi connectivity index (χ0n) is 6.19.